The van der Waals surface area contributed by atoms with E-state index >= 15 is 0 Å². The van der Waals surface area contributed by atoms with Crippen LogP contribution in [-0.4, -0.2) is 26.2 Å². The smallest absolute Gasteiger partial charge is 0.150 e. The van der Waals surface area contributed by atoms with Crippen LogP contribution in [0, 0.1) is 0 Å². The van der Waals surface area contributed by atoms with Gasteiger partial charge in [-0.2, -0.15) is 0 Å². The molecule has 0 aliphatic heterocycles. The molecule has 1 saturated carbocycles. The van der Waals surface area contributed by atoms with Crippen molar-refractivity contribution in [3.05, 3.63) is 35.4 Å². The molecule has 4 heteroatoms. The Morgan fingerprint density at radius 2 is 1.94 bits per heavy atom. The van der Waals surface area contributed by atoms with Crippen LogP contribution in [0.25, 0.3) is 0 Å². The second-order valence-electron chi connectivity index (χ2n) is 5.02. The largest absolute Gasteiger partial charge is 0.298 e. The van der Waals surface area contributed by atoms with Crippen LogP contribution in [-0.2, 0) is 15.3 Å². The summed E-state index contributed by atoms with van der Waals surface area (Å²) in [5.74, 6) is 0.333. The zero-order valence-corrected chi connectivity index (χ0v) is 11.4. The van der Waals surface area contributed by atoms with Gasteiger partial charge in [-0.1, -0.05) is 37.6 Å². The summed E-state index contributed by atoms with van der Waals surface area (Å²) in [5.41, 5.74) is 1.21. The average molecular weight is 266 g/mol. The van der Waals surface area contributed by atoms with Crippen molar-refractivity contribution >= 4 is 16.1 Å². The van der Waals surface area contributed by atoms with Crippen LogP contribution in [0.5, 0.6) is 0 Å². The molecule has 0 unspecified atom stereocenters. The van der Waals surface area contributed by atoms with E-state index in [2.05, 4.69) is 0 Å². The highest BCUT2D eigenvalue weighted by molar-refractivity contribution is 7.91. The Morgan fingerprint density at radius 1 is 1.28 bits per heavy atom. The molecule has 1 fully saturated rings. The topological polar surface area (TPSA) is 51.2 Å². The normalized spacial score (nSPS) is 18.1. The number of carbonyl (C=O) groups excluding carboxylic acids is 1. The van der Waals surface area contributed by atoms with Gasteiger partial charge in [-0.15, -0.1) is 0 Å². The predicted molar refractivity (Wildman–Crippen MR) is 71.7 cm³/mol. The van der Waals surface area contributed by atoms with Gasteiger partial charge in [0.05, 0.1) is 5.75 Å². The van der Waals surface area contributed by atoms with Gasteiger partial charge in [0.2, 0.25) is 0 Å². The Bertz CT molecular complexity index is 542. The summed E-state index contributed by atoms with van der Waals surface area (Å²) in [7, 11) is -3.03. The first-order valence-corrected chi connectivity index (χ1v) is 8.10. The third kappa shape index (κ3) is 2.34. The molecular weight excluding hydrogens is 248 g/mol. The van der Waals surface area contributed by atoms with E-state index in [1.165, 1.54) is 0 Å². The van der Waals surface area contributed by atoms with Gasteiger partial charge in [-0.25, -0.2) is 8.42 Å². The maximum Gasteiger partial charge on any atom is 0.150 e. The van der Waals surface area contributed by atoms with Crippen LogP contribution in [0.2, 0.25) is 0 Å². The summed E-state index contributed by atoms with van der Waals surface area (Å²) < 4.78 is 23.8. The van der Waals surface area contributed by atoms with E-state index in [0.717, 1.165) is 31.1 Å². The molecule has 1 aliphatic carbocycles. The van der Waals surface area contributed by atoms with E-state index in [-0.39, 0.29) is 16.9 Å². The van der Waals surface area contributed by atoms with Crippen LogP contribution in [0.15, 0.2) is 24.3 Å². The third-order valence-electron chi connectivity index (χ3n) is 3.91. The molecule has 0 heterocycles. The summed E-state index contributed by atoms with van der Waals surface area (Å²) in [6.07, 6.45) is 3.58. The molecule has 0 atom stereocenters. The molecule has 0 aromatic heterocycles. The number of benzene rings is 1. The molecule has 1 aromatic carbocycles. The first kappa shape index (κ1) is 13.3. The molecule has 0 amide bonds. The van der Waals surface area contributed by atoms with E-state index < -0.39 is 9.84 Å². The van der Waals surface area contributed by atoms with Gasteiger partial charge in [-0.05, 0) is 18.4 Å². The van der Waals surface area contributed by atoms with Crippen molar-refractivity contribution in [1.29, 1.82) is 0 Å². The van der Waals surface area contributed by atoms with Crippen molar-refractivity contribution in [2.24, 2.45) is 0 Å². The van der Waals surface area contributed by atoms with Crippen molar-refractivity contribution in [2.45, 2.75) is 31.6 Å². The maximum absolute atomic E-state index is 11.9. The molecule has 98 valence electrons. The lowest BCUT2D eigenvalue weighted by Crippen LogP contribution is -2.42. The Morgan fingerprint density at radius 3 is 2.44 bits per heavy atom. The second-order valence-corrected chi connectivity index (χ2v) is 7.37. The number of carbonyl (C=O) groups is 1. The van der Waals surface area contributed by atoms with Crippen molar-refractivity contribution < 1.29 is 13.2 Å². The van der Waals surface area contributed by atoms with Crippen molar-refractivity contribution in [1.82, 2.24) is 0 Å². The number of aldehydes is 1. The number of hydrogen-bond donors (Lipinski definition) is 0. The molecule has 18 heavy (non-hydrogen) atoms. The van der Waals surface area contributed by atoms with E-state index in [9.17, 15) is 13.2 Å². The predicted octanol–water partition coefficient (Wildman–Crippen LogP) is 2.36. The summed E-state index contributed by atoms with van der Waals surface area (Å²) >= 11 is 0. The summed E-state index contributed by atoms with van der Waals surface area (Å²) in [5, 5.41) is 0. The standard InChI is InChI=1S/C14H18O3S/c1-2-18(16,17)11-14(8-5-9-14)13-7-4-3-6-12(13)10-15/h3-4,6-7,10H,2,5,8-9,11H2,1H3. The molecule has 2 rings (SSSR count). The first-order chi connectivity index (χ1) is 8.53. The molecule has 0 spiro atoms. The van der Waals surface area contributed by atoms with Gasteiger partial charge in [0.1, 0.15) is 6.29 Å². The van der Waals surface area contributed by atoms with Crippen LogP contribution in [0.1, 0.15) is 42.1 Å². The minimum atomic E-state index is -3.03. The first-order valence-electron chi connectivity index (χ1n) is 6.28. The van der Waals surface area contributed by atoms with Gasteiger partial charge in [-0.3, -0.25) is 4.79 Å². The van der Waals surface area contributed by atoms with Gasteiger partial charge in [0.25, 0.3) is 0 Å². The monoisotopic (exact) mass is 266 g/mol. The molecule has 0 bridgehead atoms. The highest BCUT2D eigenvalue weighted by atomic mass is 32.2. The highest BCUT2D eigenvalue weighted by Gasteiger charge is 2.43. The number of hydrogen-bond acceptors (Lipinski definition) is 3. The van der Waals surface area contributed by atoms with E-state index in [0.29, 0.717) is 5.56 Å². The third-order valence-corrected chi connectivity index (χ3v) is 5.78. The Balaban J connectivity index is 2.41. The zero-order chi connectivity index (χ0) is 13.2. The van der Waals surface area contributed by atoms with Crippen molar-refractivity contribution in [3.8, 4) is 0 Å². The maximum atomic E-state index is 11.9. The Hall–Kier alpha value is -1.16. The van der Waals surface area contributed by atoms with Crippen molar-refractivity contribution in [2.75, 3.05) is 11.5 Å². The Labute approximate surface area is 108 Å². The van der Waals surface area contributed by atoms with E-state index in [1.54, 1.807) is 13.0 Å². The quantitative estimate of drug-likeness (QED) is 0.769. The number of rotatable bonds is 5. The minimum absolute atomic E-state index is 0.165. The summed E-state index contributed by atoms with van der Waals surface area (Å²) in [6, 6.07) is 7.35. The van der Waals surface area contributed by atoms with Gasteiger partial charge < -0.3 is 0 Å². The van der Waals surface area contributed by atoms with Crippen molar-refractivity contribution in [3.63, 3.8) is 0 Å². The zero-order valence-electron chi connectivity index (χ0n) is 10.6. The minimum Gasteiger partial charge on any atom is -0.298 e. The molecular formula is C14H18O3S. The molecule has 1 aromatic rings. The lowest BCUT2D eigenvalue weighted by molar-refractivity contribution is 0.111. The fourth-order valence-electron chi connectivity index (χ4n) is 2.70. The molecule has 0 N–H and O–H groups in total. The van der Waals surface area contributed by atoms with Gasteiger partial charge in [0, 0.05) is 16.7 Å². The molecule has 3 nitrogen and oxygen atoms in total. The Kier molecular flexibility index (Phi) is 3.57. The highest BCUT2D eigenvalue weighted by Crippen LogP contribution is 2.45. The van der Waals surface area contributed by atoms with E-state index in [1.807, 2.05) is 18.2 Å². The lowest BCUT2D eigenvalue weighted by Gasteiger charge is -2.42. The summed E-state index contributed by atoms with van der Waals surface area (Å²) in [6.45, 7) is 1.67. The van der Waals surface area contributed by atoms with Crippen LogP contribution >= 0.6 is 0 Å². The SMILES string of the molecule is CCS(=O)(=O)CC1(c2ccccc2C=O)CCC1. The summed E-state index contributed by atoms with van der Waals surface area (Å²) in [4.78, 5) is 11.1. The second kappa shape index (κ2) is 4.84. The van der Waals surface area contributed by atoms with Crippen LogP contribution in [0.4, 0.5) is 0 Å². The van der Waals surface area contributed by atoms with Gasteiger partial charge >= 0.3 is 0 Å². The fraction of sp³-hybridized carbons (Fsp3) is 0.500. The molecule has 0 saturated heterocycles. The van der Waals surface area contributed by atoms with Gasteiger partial charge in [0.15, 0.2) is 9.84 Å². The fourth-order valence-corrected chi connectivity index (χ4v) is 4.19. The van der Waals surface area contributed by atoms with E-state index in [4.69, 9.17) is 0 Å². The molecule has 1 aliphatic rings. The lowest BCUT2D eigenvalue weighted by atomic mass is 9.65. The van der Waals surface area contributed by atoms with Crippen LogP contribution < -0.4 is 0 Å². The van der Waals surface area contributed by atoms with Crippen LogP contribution in [0.3, 0.4) is 0 Å². The molecule has 0 radical (unpaired) electrons. The number of sulfone groups is 1. The average Bonchev–Trinajstić information content (AvgIpc) is 2.34.